The third kappa shape index (κ3) is 3.24. The van der Waals surface area contributed by atoms with Gasteiger partial charge in [-0.05, 0) is 38.0 Å². The molecule has 3 heterocycles. The molecule has 1 N–H and O–H groups in total. The number of nitrogens with one attached hydrogen (secondary N) is 1. The zero-order valence-electron chi connectivity index (χ0n) is 15.2. The molecule has 2 atom stereocenters. The molecule has 0 aromatic heterocycles. The first kappa shape index (κ1) is 18.4. The van der Waals surface area contributed by atoms with E-state index in [-0.39, 0.29) is 40.6 Å². The van der Waals surface area contributed by atoms with Crippen LogP contribution in [0.3, 0.4) is 0 Å². The number of piperazine rings is 1. The second kappa shape index (κ2) is 6.88. The van der Waals surface area contributed by atoms with Crippen LogP contribution in [0.5, 0.6) is 0 Å². The van der Waals surface area contributed by atoms with Gasteiger partial charge in [0.1, 0.15) is 4.90 Å². The Kier molecular flexibility index (Phi) is 4.69. The molecule has 9 heteroatoms. The van der Waals surface area contributed by atoms with E-state index in [1.807, 2.05) is 6.92 Å². The standard InChI is InChI=1S/C18H23N3O5S/c1-12-10-20(7-6-19-12)17(22)13-4-5-15-16(9-13)27(24,25)21(18(15)23)11-14-3-2-8-26-14/h4-5,9,12,14,19H,2-3,6-8,10-11H2,1H3/t12-,14-/m1/s1. The Balaban J connectivity index is 1.61. The smallest absolute Gasteiger partial charge is 0.269 e. The average Bonchev–Trinajstić information content (AvgIpc) is 3.23. The zero-order valence-corrected chi connectivity index (χ0v) is 16.0. The van der Waals surface area contributed by atoms with Crippen LogP contribution in [0.1, 0.15) is 40.5 Å². The lowest BCUT2D eigenvalue weighted by atomic mass is 10.1. The fraction of sp³-hybridized carbons (Fsp3) is 0.556. The third-order valence-electron chi connectivity index (χ3n) is 5.30. The summed E-state index contributed by atoms with van der Waals surface area (Å²) in [5.41, 5.74) is 0.413. The van der Waals surface area contributed by atoms with Gasteiger partial charge >= 0.3 is 0 Å². The molecule has 0 aliphatic carbocycles. The maximum atomic E-state index is 12.9. The first-order valence-electron chi connectivity index (χ1n) is 9.23. The van der Waals surface area contributed by atoms with Crippen LogP contribution in [-0.2, 0) is 14.8 Å². The number of sulfonamides is 1. The maximum Gasteiger partial charge on any atom is 0.269 e. The van der Waals surface area contributed by atoms with Gasteiger partial charge in [0.2, 0.25) is 0 Å². The molecule has 2 fully saturated rings. The number of nitrogens with zero attached hydrogens (tertiary/aromatic N) is 2. The molecule has 2 amide bonds. The summed E-state index contributed by atoms with van der Waals surface area (Å²) in [7, 11) is -3.96. The Morgan fingerprint density at radius 3 is 2.89 bits per heavy atom. The summed E-state index contributed by atoms with van der Waals surface area (Å²) in [4.78, 5) is 27.0. The summed E-state index contributed by atoms with van der Waals surface area (Å²) in [6.07, 6.45) is 1.34. The van der Waals surface area contributed by atoms with Gasteiger partial charge in [0.15, 0.2) is 0 Å². The van der Waals surface area contributed by atoms with Crippen LogP contribution < -0.4 is 5.32 Å². The molecule has 0 radical (unpaired) electrons. The largest absolute Gasteiger partial charge is 0.376 e. The Morgan fingerprint density at radius 1 is 1.37 bits per heavy atom. The van der Waals surface area contributed by atoms with E-state index in [1.54, 1.807) is 4.90 Å². The van der Waals surface area contributed by atoms with Gasteiger partial charge in [-0.3, -0.25) is 9.59 Å². The van der Waals surface area contributed by atoms with E-state index in [0.29, 0.717) is 26.2 Å². The van der Waals surface area contributed by atoms with Gasteiger partial charge in [-0.1, -0.05) is 0 Å². The lowest BCUT2D eigenvalue weighted by Gasteiger charge is -2.32. The van der Waals surface area contributed by atoms with E-state index in [9.17, 15) is 18.0 Å². The minimum atomic E-state index is -3.96. The summed E-state index contributed by atoms with van der Waals surface area (Å²) in [5.74, 6) is -0.762. The van der Waals surface area contributed by atoms with Crippen molar-refractivity contribution in [1.82, 2.24) is 14.5 Å². The minimum absolute atomic E-state index is 0.0223. The third-order valence-corrected chi connectivity index (χ3v) is 7.09. The van der Waals surface area contributed by atoms with Crippen LogP contribution in [-0.4, -0.2) is 74.4 Å². The van der Waals surface area contributed by atoms with Crippen molar-refractivity contribution in [3.8, 4) is 0 Å². The molecule has 1 aromatic carbocycles. The Morgan fingerprint density at radius 2 is 2.19 bits per heavy atom. The van der Waals surface area contributed by atoms with Gasteiger partial charge in [-0.2, -0.15) is 0 Å². The highest BCUT2D eigenvalue weighted by molar-refractivity contribution is 7.90. The number of carbonyl (C=O) groups is 2. The van der Waals surface area contributed by atoms with Crippen molar-refractivity contribution in [3.05, 3.63) is 29.3 Å². The molecule has 146 valence electrons. The monoisotopic (exact) mass is 393 g/mol. The average molecular weight is 393 g/mol. The molecule has 3 aliphatic rings. The summed E-state index contributed by atoms with van der Waals surface area (Å²) >= 11 is 0. The summed E-state index contributed by atoms with van der Waals surface area (Å²) in [6.45, 7) is 4.43. The van der Waals surface area contributed by atoms with E-state index in [1.165, 1.54) is 18.2 Å². The van der Waals surface area contributed by atoms with Crippen molar-refractivity contribution in [1.29, 1.82) is 0 Å². The van der Waals surface area contributed by atoms with Crippen LogP contribution in [0.4, 0.5) is 0 Å². The van der Waals surface area contributed by atoms with E-state index >= 15 is 0 Å². The summed E-state index contributed by atoms with van der Waals surface area (Å²) in [6, 6.07) is 4.51. The fourth-order valence-electron chi connectivity index (χ4n) is 3.86. The molecular formula is C18H23N3O5S. The van der Waals surface area contributed by atoms with Crippen molar-refractivity contribution < 1.29 is 22.7 Å². The lowest BCUT2D eigenvalue weighted by molar-refractivity contribution is 0.0701. The predicted octanol–water partition coefficient (Wildman–Crippen LogP) is 0.444. The van der Waals surface area contributed by atoms with Crippen LogP contribution >= 0.6 is 0 Å². The molecule has 27 heavy (non-hydrogen) atoms. The number of amides is 2. The van der Waals surface area contributed by atoms with Crippen molar-refractivity contribution in [2.75, 3.05) is 32.8 Å². The van der Waals surface area contributed by atoms with Crippen LogP contribution in [0.25, 0.3) is 0 Å². The van der Waals surface area contributed by atoms with Gasteiger partial charge in [0.05, 0.1) is 18.2 Å². The number of benzene rings is 1. The molecule has 3 aliphatic heterocycles. The van der Waals surface area contributed by atoms with E-state index in [2.05, 4.69) is 5.32 Å². The molecule has 8 nitrogen and oxygen atoms in total. The number of hydrogen-bond donors (Lipinski definition) is 1. The van der Waals surface area contributed by atoms with Gasteiger partial charge in [-0.15, -0.1) is 0 Å². The van der Waals surface area contributed by atoms with Crippen molar-refractivity contribution in [2.45, 2.75) is 36.8 Å². The van der Waals surface area contributed by atoms with Crippen LogP contribution in [0.15, 0.2) is 23.1 Å². The first-order chi connectivity index (χ1) is 12.9. The van der Waals surface area contributed by atoms with Gasteiger partial charge < -0.3 is 15.0 Å². The van der Waals surface area contributed by atoms with Crippen molar-refractivity contribution in [3.63, 3.8) is 0 Å². The predicted molar refractivity (Wildman–Crippen MR) is 97.0 cm³/mol. The van der Waals surface area contributed by atoms with E-state index in [4.69, 9.17) is 4.74 Å². The zero-order chi connectivity index (χ0) is 19.2. The molecule has 0 saturated carbocycles. The Labute approximate surface area is 158 Å². The molecule has 4 rings (SSSR count). The minimum Gasteiger partial charge on any atom is -0.376 e. The Bertz CT molecular complexity index is 879. The van der Waals surface area contributed by atoms with Gasteiger partial charge in [-0.25, -0.2) is 12.7 Å². The van der Waals surface area contributed by atoms with Crippen LogP contribution in [0.2, 0.25) is 0 Å². The summed E-state index contributed by atoms with van der Waals surface area (Å²) < 4.78 is 32.2. The second-order valence-corrected chi connectivity index (χ2v) is 9.12. The van der Waals surface area contributed by atoms with Crippen molar-refractivity contribution >= 4 is 21.8 Å². The topological polar surface area (TPSA) is 96.0 Å². The number of rotatable bonds is 3. The highest BCUT2D eigenvalue weighted by atomic mass is 32.2. The fourth-order valence-corrected chi connectivity index (χ4v) is 5.49. The van der Waals surface area contributed by atoms with E-state index < -0.39 is 15.9 Å². The van der Waals surface area contributed by atoms with Crippen LogP contribution in [0, 0.1) is 0 Å². The second-order valence-electron chi connectivity index (χ2n) is 7.29. The lowest BCUT2D eigenvalue weighted by Crippen LogP contribution is -2.51. The van der Waals surface area contributed by atoms with E-state index in [0.717, 1.165) is 17.1 Å². The SMILES string of the molecule is C[C@@H]1CN(C(=O)c2ccc3c(c2)S(=O)(=O)N(C[C@H]2CCCO2)C3=O)CCN1. The molecule has 0 bridgehead atoms. The quantitative estimate of drug-likeness (QED) is 0.801. The van der Waals surface area contributed by atoms with Gasteiger partial charge in [0.25, 0.3) is 21.8 Å². The molecular weight excluding hydrogens is 370 g/mol. The molecule has 0 unspecified atom stereocenters. The van der Waals surface area contributed by atoms with Crippen molar-refractivity contribution in [2.24, 2.45) is 0 Å². The Hall–Kier alpha value is -1.97. The number of hydrogen-bond acceptors (Lipinski definition) is 6. The number of ether oxygens (including phenoxy) is 1. The highest BCUT2D eigenvalue weighted by Crippen LogP contribution is 2.32. The summed E-state index contributed by atoms with van der Waals surface area (Å²) in [5, 5.41) is 3.27. The first-order valence-corrected chi connectivity index (χ1v) is 10.7. The maximum absolute atomic E-state index is 12.9. The number of carbonyl (C=O) groups excluding carboxylic acids is 2. The number of fused-ring (bicyclic) bond motifs is 1. The molecule has 0 spiro atoms. The highest BCUT2D eigenvalue weighted by Gasteiger charge is 2.43. The van der Waals surface area contributed by atoms with Gasteiger partial charge in [0, 0.05) is 37.8 Å². The molecule has 1 aromatic rings. The molecule has 2 saturated heterocycles. The normalized spacial score (nSPS) is 27.1.